The number of alkyl halides is 3. The fourth-order valence-electron chi connectivity index (χ4n) is 1.45. The fourth-order valence-corrected chi connectivity index (χ4v) is 1.45. The van der Waals surface area contributed by atoms with E-state index in [1.165, 1.54) is 12.2 Å². The molecule has 1 aliphatic carbocycles. The summed E-state index contributed by atoms with van der Waals surface area (Å²) in [4.78, 5) is 3.84. The number of dihydropyridines is 1. The average molecular weight is 212 g/mol. The van der Waals surface area contributed by atoms with Crippen LogP contribution in [0.15, 0.2) is 40.9 Å². The van der Waals surface area contributed by atoms with Crippen LogP contribution in [0.25, 0.3) is 0 Å². The second-order valence-corrected chi connectivity index (χ2v) is 3.26. The molecule has 0 bridgehead atoms. The van der Waals surface area contributed by atoms with Crippen LogP contribution in [-0.2, 0) is 0 Å². The van der Waals surface area contributed by atoms with Crippen LogP contribution < -0.4 is 0 Å². The molecule has 1 aliphatic heterocycles. The van der Waals surface area contributed by atoms with Gasteiger partial charge in [0.15, 0.2) is 0 Å². The summed E-state index contributed by atoms with van der Waals surface area (Å²) in [5.74, 6) is -0.393. The van der Waals surface area contributed by atoms with Crippen LogP contribution in [0.3, 0.4) is 0 Å². The third-order valence-corrected chi connectivity index (χ3v) is 2.17. The Kier molecular flexibility index (Phi) is 2.10. The van der Waals surface area contributed by atoms with Gasteiger partial charge in [0.05, 0.1) is 11.3 Å². The standard InChI is InChI=1S/C10H7F3N2/c11-10(12,13)7-2-3-8-6(5-7)1-4-9(14)15-8/h1-6,14H. The third-order valence-electron chi connectivity index (χ3n) is 2.17. The van der Waals surface area contributed by atoms with Crippen molar-refractivity contribution < 1.29 is 13.2 Å². The van der Waals surface area contributed by atoms with Crippen molar-refractivity contribution in [1.29, 1.82) is 5.41 Å². The lowest BCUT2D eigenvalue weighted by atomic mass is 9.92. The first kappa shape index (κ1) is 9.89. The summed E-state index contributed by atoms with van der Waals surface area (Å²) in [7, 11) is 0. The van der Waals surface area contributed by atoms with Gasteiger partial charge in [-0.2, -0.15) is 13.2 Å². The minimum absolute atomic E-state index is 0.0646. The number of halogens is 3. The zero-order chi connectivity index (χ0) is 11.1. The zero-order valence-corrected chi connectivity index (χ0v) is 7.55. The molecule has 0 aromatic carbocycles. The van der Waals surface area contributed by atoms with Gasteiger partial charge in [0, 0.05) is 5.92 Å². The summed E-state index contributed by atoms with van der Waals surface area (Å²) >= 11 is 0. The first-order valence-corrected chi connectivity index (χ1v) is 4.29. The summed E-state index contributed by atoms with van der Waals surface area (Å²) in [5, 5.41) is 7.23. The van der Waals surface area contributed by atoms with Gasteiger partial charge in [0.25, 0.3) is 0 Å². The molecule has 78 valence electrons. The third kappa shape index (κ3) is 1.91. The molecule has 0 saturated carbocycles. The number of amidine groups is 1. The van der Waals surface area contributed by atoms with Crippen molar-refractivity contribution in [1.82, 2.24) is 0 Å². The van der Waals surface area contributed by atoms with E-state index in [0.29, 0.717) is 5.71 Å². The molecule has 0 amide bonds. The van der Waals surface area contributed by atoms with Gasteiger partial charge in [-0.05, 0) is 18.2 Å². The highest BCUT2D eigenvalue weighted by molar-refractivity contribution is 6.12. The second-order valence-electron chi connectivity index (χ2n) is 3.26. The van der Waals surface area contributed by atoms with E-state index in [9.17, 15) is 13.2 Å². The molecule has 0 saturated heterocycles. The van der Waals surface area contributed by atoms with Crippen LogP contribution >= 0.6 is 0 Å². The minimum Gasteiger partial charge on any atom is -0.283 e. The predicted octanol–water partition coefficient (Wildman–Crippen LogP) is 2.65. The molecule has 1 atom stereocenters. The molecule has 0 radical (unpaired) electrons. The van der Waals surface area contributed by atoms with Gasteiger partial charge >= 0.3 is 6.18 Å². The first-order chi connectivity index (χ1) is 6.97. The predicted molar refractivity (Wildman–Crippen MR) is 51.1 cm³/mol. The molecule has 15 heavy (non-hydrogen) atoms. The van der Waals surface area contributed by atoms with Gasteiger partial charge in [-0.3, -0.25) is 5.41 Å². The van der Waals surface area contributed by atoms with E-state index in [2.05, 4.69) is 4.99 Å². The largest absolute Gasteiger partial charge is 0.416 e. The quantitative estimate of drug-likeness (QED) is 0.640. The van der Waals surface area contributed by atoms with E-state index in [4.69, 9.17) is 5.41 Å². The zero-order valence-electron chi connectivity index (χ0n) is 7.55. The summed E-state index contributed by atoms with van der Waals surface area (Å²) in [5.41, 5.74) is -0.181. The normalized spacial score (nSPS) is 24.7. The summed E-state index contributed by atoms with van der Waals surface area (Å²) in [6.45, 7) is 0. The number of hydrogen-bond donors (Lipinski definition) is 1. The Labute approximate surface area is 84.0 Å². The van der Waals surface area contributed by atoms with Crippen molar-refractivity contribution in [3.8, 4) is 0 Å². The number of nitrogens with zero attached hydrogens (tertiary/aromatic N) is 1. The van der Waals surface area contributed by atoms with E-state index in [-0.39, 0.29) is 5.84 Å². The summed E-state index contributed by atoms with van der Waals surface area (Å²) in [6, 6.07) is 0. The molecule has 0 fully saturated rings. The van der Waals surface area contributed by atoms with Crippen LogP contribution in [0.5, 0.6) is 0 Å². The van der Waals surface area contributed by atoms with Gasteiger partial charge in [0.1, 0.15) is 5.84 Å². The molecule has 5 heteroatoms. The average Bonchev–Trinajstić information content (AvgIpc) is 2.15. The Bertz CT molecular complexity index is 424. The molecule has 0 aromatic rings. The highest BCUT2D eigenvalue weighted by atomic mass is 19.4. The van der Waals surface area contributed by atoms with Crippen molar-refractivity contribution in [2.75, 3.05) is 0 Å². The van der Waals surface area contributed by atoms with Crippen molar-refractivity contribution in [2.45, 2.75) is 6.18 Å². The molecule has 2 aliphatic rings. The maximum absolute atomic E-state index is 12.4. The molecular formula is C10H7F3N2. The molecule has 0 spiro atoms. The molecule has 1 heterocycles. The van der Waals surface area contributed by atoms with E-state index in [1.54, 1.807) is 6.08 Å². The lowest BCUT2D eigenvalue weighted by Crippen LogP contribution is -2.21. The molecular weight excluding hydrogens is 205 g/mol. The number of fused-ring (bicyclic) bond motifs is 1. The second kappa shape index (κ2) is 3.18. The summed E-state index contributed by atoms with van der Waals surface area (Å²) < 4.78 is 37.1. The summed E-state index contributed by atoms with van der Waals surface area (Å²) in [6.07, 6.45) is 2.04. The first-order valence-electron chi connectivity index (χ1n) is 4.29. The highest BCUT2D eigenvalue weighted by Gasteiger charge is 2.34. The van der Waals surface area contributed by atoms with Gasteiger partial charge in [-0.15, -0.1) is 0 Å². The van der Waals surface area contributed by atoms with Crippen LogP contribution in [0.4, 0.5) is 13.2 Å². The van der Waals surface area contributed by atoms with Crippen molar-refractivity contribution >= 4 is 11.5 Å². The maximum atomic E-state index is 12.4. The van der Waals surface area contributed by atoms with E-state index >= 15 is 0 Å². The van der Waals surface area contributed by atoms with Crippen LogP contribution in [0.1, 0.15) is 0 Å². The number of allylic oxidation sites excluding steroid dienone is 5. The van der Waals surface area contributed by atoms with Crippen LogP contribution in [-0.4, -0.2) is 17.7 Å². The Hall–Kier alpha value is -1.65. The van der Waals surface area contributed by atoms with Gasteiger partial charge in [-0.1, -0.05) is 12.2 Å². The van der Waals surface area contributed by atoms with E-state index in [0.717, 1.165) is 12.2 Å². The molecule has 2 nitrogen and oxygen atoms in total. The Morgan fingerprint density at radius 2 is 1.93 bits per heavy atom. The smallest absolute Gasteiger partial charge is 0.283 e. The fraction of sp³-hybridized carbons (Fsp3) is 0.200. The number of nitrogens with one attached hydrogen (secondary N) is 1. The van der Waals surface area contributed by atoms with Gasteiger partial charge in [-0.25, -0.2) is 4.99 Å². The molecule has 1 unspecified atom stereocenters. The lowest BCUT2D eigenvalue weighted by molar-refractivity contribution is -0.0885. The van der Waals surface area contributed by atoms with E-state index < -0.39 is 17.7 Å². The van der Waals surface area contributed by atoms with Crippen LogP contribution in [0.2, 0.25) is 0 Å². The monoisotopic (exact) mass is 212 g/mol. The molecule has 1 N–H and O–H groups in total. The van der Waals surface area contributed by atoms with Gasteiger partial charge < -0.3 is 0 Å². The van der Waals surface area contributed by atoms with Crippen molar-refractivity contribution in [2.24, 2.45) is 10.9 Å². The molecule has 2 rings (SSSR count). The number of aliphatic imine (C=N–C) groups is 1. The Morgan fingerprint density at radius 3 is 2.60 bits per heavy atom. The van der Waals surface area contributed by atoms with Crippen LogP contribution in [0, 0.1) is 11.3 Å². The highest BCUT2D eigenvalue weighted by Crippen LogP contribution is 2.31. The SMILES string of the molecule is N=C1C=CC2C=C(C(F)(F)F)C=CC2=N1. The lowest BCUT2D eigenvalue weighted by Gasteiger charge is -2.19. The van der Waals surface area contributed by atoms with E-state index in [1.807, 2.05) is 0 Å². The van der Waals surface area contributed by atoms with Crippen molar-refractivity contribution in [3.63, 3.8) is 0 Å². The number of hydrogen-bond acceptors (Lipinski definition) is 1. The maximum Gasteiger partial charge on any atom is 0.416 e. The Morgan fingerprint density at radius 1 is 1.20 bits per heavy atom. The topological polar surface area (TPSA) is 36.2 Å². The minimum atomic E-state index is -4.32. The number of rotatable bonds is 0. The Balaban J connectivity index is 2.33. The van der Waals surface area contributed by atoms with Gasteiger partial charge in [0.2, 0.25) is 0 Å². The van der Waals surface area contributed by atoms with Crippen molar-refractivity contribution in [3.05, 3.63) is 36.0 Å². The molecule has 0 aromatic heterocycles.